The monoisotopic (exact) mass is 296 g/mol. The van der Waals surface area contributed by atoms with E-state index < -0.39 is 22.5 Å². The molecule has 0 aliphatic carbocycles. The molecule has 0 aromatic heterocycles. The number of carbonyl (C=O) groups is 1. The summed E-state index contributed by atoms with van der Waals surface area (Å²) in [5.74, 6) is -0.133. The number of hydrogen-bond donors (Lipinski definition) is 1. The fourth-order valence-corrected chi connectivity index (χ4v) is 2.00. The molecule has 0 fully saturated rings. The molecule has 116 valence electrons. The van der Waals surface area contributed by atoms with E-state index in [1.807, 2.05) is 0 Å². The van der Waals surface area contributed by atoms with Gasteiger partial charge in [0, 0.05) is 12.5 Å². The summed E-state index contributed by atoms with van der Waals surface area (Å²) in [7, 11) is 1.27. The minimum absolute atomic E-state index is 0.0497. The molecule has 2 N–H and O–H groups in total. The zero-order chi connectivity index (χ0) is 16.2. The molecule has 0 bridgehead atoms. The average molecular weight is 296 g/mol. The number of aryl methyl sites for hydroxylation is 1. The Morgan fingerprint density at radius 3 is 2.67 bits per heavy atom. The van der Waals surface area contributed by atoms with E-state index in [4.69, 9.17) is 10.5 Å². The van der Waals surface area contributed by atoms with Crippen molar-refractivity contribution in [3.8, 4) is 5.75 Å². The first-order valence-electron chi connectivity index (χ1n) is 6.46. The first-order chi connectivity index (χ1) is 9.67. The van der Waals surface area contributed by atoms with Crippen molar-refractivity contribution in [3.63, 3.8) is 0 Å². The molecular formula is C14H20N2O5. The number of rotatable bonds is 6. The molecule has 7 nitrogen and oxygen atoms in total. The van der Waals surface area contributed by atoms with Crippen LogP contribution in [0.25, 0.3) is 0 Å². The number of non-ortho nitro benzene ring substituents is 1. The zero-order valence-electron chi connectivity index (χ0n) is 12.6. The molecule has 0 saturated carbocycles. The predicted molar refractivity (Wildman–Crippen MR) is 77.1 cm³/mol. The highest BCUT2D eigenvalue weighted by Crippen LogP contribution is 2.26. The maximum absolute atomic E-state index is 11.5. The van der Waals surface area contributed by atoms with Crippen LogP contribution in [0.3, 0.4) is 0 Å². The Kier molecular flexibility index (Phi) is 5.26. The first kappa shape index (κ1) is 16.9. The van der Waals surface area contributed by atoms with Gasteiger partial charge in [-0.15, -0.1) is 0 Å². The average Bonchev–Trinajstić information content (AvgIpc) is 2.39. The number of nitro groups is 1. The number of methoxy groups -OCH3 is 1. The quantitative estimate of drug-likeness (QED) is 0.488. The number of nitro benzene ring substituents is 1. The second-order valence-corrected chi connectivity index (χ2v) is 5.25. The van der Waals surface area contributed by atoms with Crippen molar-refractivity contribution in [2.75, 3.05) is 7.11 Å². The molecule has 0 spiro atoms. The van der Waals surface area contributed by atoms with Gasteiger partial charge in [-0.2, -0.15) is 0 Å². The van der Waals surface area contributed by atoms with Crippen molar-refractivity contribution < 1.29 is 19.2 Å². The van der Waals surface area contributed by atoms with Crippen LogP contribution in [-0.4, -0.2) is 29.6 Å². The molecule has 1 aromatic rings. The number of benzene rings is 1. The summed E-state index contributed by atoms with van der Waals surface area (Å²) in [4.78, 5) is 21.8. The van der Waals surface area contributed by atoms with Gasteiger partial charge in [-0.25, -0.2) is 0 Å². The maximum atomic E-state index is 11.5. The normalized spacial score (nSPS) is 14.9. The summed E-state index contributed by atoms with van der Waals surface area (Å²) in [5.41, 5.74) is 5.42. The van der Waals surface area contributed by atoms with Crippen molar-refractivity contribution in [2.45, 2.75) is 38.8 Å². The van der Waals surface area contributed by atoms with Gasteiger partial charge in [-0.3, -0.25) is 14.9 Å². The van der Waals surface area contributed by atoms with Gasteiger partial charge in [0.1, 0.15) is 11.3 Å². The van der Waals surface area contributed by atoms with E-state index in [1.54, 1.807) is 26.8 Å². The van der Waals surface area contributed by atoms with Gasteiger partial charge in [-0.1, -0.05) is 0 Å². The topological polar surface area (TPSA) is 105 Å². The number of carbonyl (C=O) groups excluding carboxylic acids is 1. The smallest absolute Gasteiger partial charge is 0.325 e. The Morgan fingerprint density at radius 1 is 1.52 bits per heavy atom. The van der Waals surface area contributed by atoms with E-state index in [0.29, 0.717) is 5.75 Å². The van der Waals surface area contributed by atoms with E-state index >= 15 is 0 Å². The first-order valence-corrected chi connectivity index (χ1v) is 6.46. The third kappa shape index (κ3) is 4.42. The maximum Gasteiger partial charge on any atom is 0.325 e. The summed E-state index contributed by atoms with van der Waals surface area (Å²) < 4.78 is 10.3. The number of nitrogens with two attached hydrogens (primary N) is 1. The van der Waals surface area contributed by atoms with Gasteiger partial charge in [0.05, 0.1) is 24.2 Å². The van der Waals surface area contributed by atoms with E-state index in [9.17, 15) is 14.9 Å². The molecule has 1 aromatic carbocycles. The largest absolute Gasteiger partial charge is 0.490 e. The summed E-state index contributed by atoms with van der Waals surface area (Å²) in [6.07, 6.45) is -0.179. The van der Waals surface area contributed by atoms with Crippen molar-refractivity contribution in [2.24, 2.45) is 5.73 Å². The van der Waals surface area contributed by atoms with Gasteiger partial charge in [0.2, 0.25) is 0 Å². The highest BCUT2D eigenvalue weighted by Gasteiger charge is 2.32. The second-order valence-electron chi connectivity index (χ2n) is 5.25. The van der Waals surface area contributed by atoms with Crippen LogP contribution < -0.4 is 10.5 Å². The van der Waals surface area contributed by atoms with E-state index in [0.717, 1.165) is 5.56 Å². The van der Waals surface area contributed by atoms with E-state index in [1.165, 1.54) is 19.2 Å². The van der Waals surface area contributed by atoms with Gasteiger partial charge in [0.15, 0.2) is 0 Å². The summed E-state index contributed by atoms with van der Waals surface area (Å²) in [5, 5.41) is 10.8. The number of hydrogen-bond acceptors (Lipinski definition) is 6. The zero-order valence-corrected chi connectivity index (χ0v) is 12.6. The highest BCUT2D eigenvalue weighted by atomic mass is 16.6. The molecule has 21 heavy (non-hydrogen) atoms. The standard InChI is InChI=1S/C14H20N2O5/c1-9-5-6-11(16(18)19)7-12(9)21-10(2)8-14(3,15)13(17)20-4/h5-7,10H,8,15H2,1-4H3. The molecule has 0 radical (unpaired) electrons. The molecule has 1 rings (SSSR count). The third-order valence-electron chi connectivity index (χ3n) is 3.07. The van der Waals surface area contributed by atoms with Crippen LogP contribution >= 0.6 is 0 Å². The molecule has 7 heteroatoms. The Hall–Kier alpha value is -2.15. The molecule has 2 unspecified atom stereocenters. The van der Waals surface area contributed by atoms with Gasteiger partial charge >= 0.3 is 5.97 Å². The van der Waals surface area contributed by atoms with Crippen LogP contribution in [0.1, 0.15) is 25.8 Å². The summed E-state index contributed by atoms with van der Waals surface area (Å²) in [6.45, 7) is 5.08. The van der Waals surface area contributed by atoms with Gasteiger partial charge in [0.25, 0.3) is 5.69 Å². The second kappa shape index (κ2) is 6.53. The van der Waals surface area contributed by atoms with Crippen LogP contribution in [0, 0.1) is 17.0 Å². The SMILES string of the molecule is COC(=O)C(C)(N)CC(C)Oc1cc([N+](=O)[O-])ccc1C. The lowest BCUT2D eigenvalue weighted by Crippen LogP contribution is -2.48. The number of esters is 1. The van der Waals surface area contributed by atoms with Crippen molar-refractivity contribution in [1.82, 2.24) is 0 Å². The minimum atomic E-state index is -1.18. The Morgan fingerprint density at radius 2 is 2.14 bits per heavy atom. The van der Waals surface area contributed by atoms with E-state index in [2.05, 4.69) is 4.74 Å². The Labute approximate surface area is 123 Å². The Balaban J connectivity index is 2.84. The van der Waals surface area contributed by atoms with Crippen LogP contribution in [0.4, 0.5) is 5.69 Å². The molecule has 0 aliphatic heterocycles. The third-order valence-corrected chi connectivity index (χ3v) is 3.07. The lowest BCUT2D eigenvalue weighted by Gasteiger charge is -2.26. The van der Waals surface area contributed by atoms with Crippen LogP contribution in [-0.2, 0) is 9.53 Å². The van der Waals surface area contributed by atoms with Gasteiger partial charge in [-0.05, 0) is 32.4 Å². The lowest BCUT2D eigenvalue weighted by atomic mass is 9.96. The molecular weight excluding hydrogens is 276 g/mol. The van der Waals surface area contributed by atoms with Crippen molar-refractivity contribution >= 4 is 11.7 Å². The van der Waals surface area contributed by atoms with Crippen molar-refractivity contribution in [1.29, 1.82) is 0 Å². The molecule has 0 heterocycles. The minimum Gasteiger partial charge on any atom is -0.490 e. The van der Waals surface area contributed by atoms with E-state index in [-0.39, 0.29) is 12.1 Å². The fraction of sp³-hybridized carbons (Fsp3) is 0.500. The molecule has 2 atom stereocenters. The molecule has 0 aliphatic rings. The molecule has 0 saturated heterocycles. The summed E-state index contributed by atoms with van der Waals surface area (Å²) >= 11 is 0. The number of ether oxygens (including phenoxy) is 2. The summed E-state index contributed by atoms with van der Waals surface area (Å²) in [6, 6.07) is 4.38. The molecule has 0 amide bonds. The van der Waals surface area contributed by atoms with Gasteiger partial charge < -0.3 is 15.2 Å². The van der Waals surface area contributed by atoms with Crippen LogP contribution in [0.15, 0.2) is 18.2 Å². The highest BCUT2D eigenvalue weighted by molar-refractivity contribution is 5.79. The van der Waals surface area contributed by atoms with Crippen molar-refractivity contribution in [3.05, 3.63) is 33.9 Å². The van der Waals surface area contributed by atoms with Crippen LogP contribution in [0.2, 0.25) is 0 Å². The lowest BCUT2D eigenvalue weighted by molar-refractivity contribution is -0.385. The fourth-order valence-electron chi connectivity index (χ4n) is 2.00. The number of nitrogens with zero attached hydrogens (tertiary/aromatic N) is 1. The Bertz CT molecular complexity index is 542. The predicted octanol–water partition coefficient (Wildman–Crippen LogP) is 1.95. The van der Waals surface area contributed by atoms with Crippen LogP contribution in [0.5, 0.6) is 5.75 Å².